The smallest absolute Gasteiger partial charge is 0.261 e. The number of hydrogen-bond donors (Lipinski definition) is 1. The van der Waals surface area contributed by atoms with Gasteiger partial charge in [0.25, 0.3) is 11.5 Å². The second kappa shape index (κ2) is 10.7. The summed E-state index contributed by atoms with van der Waals surface area (Å²) in [6, 6.07) is 13.9. The Kier molecular flexibility index (Phi) is 7.28. The summed E-state index contributed by atoms with van der Waals surface area (Å²) in [6.45, 7) is 1.54. The molecule has 2 aliphatic rings. The number of hydrogen-bond acceptors (Lipinski definition) is 4. The van der Waals surface area contributed by atoms with Crippen molar-refractivity contribution >= 4 is 22.5 Å². The second-order valence-corrected chi connectivity index (χ2v) is 10.2. The van der Waals surface area contributed by atoms with Crippen molar-refractivity contribution in [3.63, 3.8) is 0 Å². The monoisotopic (exact) mass is 472 g/mol. The van der Waals surface area contributed by atoms with E-state index < -0.39 is 0 Å². The molecule has 184 valence electrons. The average Bonchev–Trinajstić information content (AvgIpc) is 2.86. The van der Waals surface area contributed by atoms with E-state index in [9.17, 15) is 9.59 Å². The first kappa shape index (κ1) is 23.7. The molecule has 1 amide bonds. The third-order valence-electron chi connectivity index (χ3n) is 7.71. The first-order chi connectivity index (χ1) is 17.1. The van der Waals surface area contributed by atoms with Crippen LogP contribution in [0.5, 0.6) is 0 Å². The number of amides is 1. The van der Waals surface area contributed by atoms with Gasteiger partial charge in [0, 0.05) is 36.8 Å². The number of anilines is 1. The predicted octanol–water partition coefficient (Wildman–Crippen LogP) is 5.53. The quantitative estimate of drug-likeness (QED) is 0.530. The number of carbonyl (C=O) groups excluding carboxylic acids is 1. The Labute approximate surface area is 207 Å². The Morgan fingerprint density at radius 3 is 2.66 bits per heavy atom. The predicted molar refractivity (Wildman–Crippen MR) is 141 cm³/mol. The van der Waals surface area contributed by atoms with E-state index in [1.807, 2.05) is 22.8 Å². The minimum atomic E-state index is -0.173. The fraction of sp³-hybridized carbons (Fsp3) is 0.483. The number of benzene rings is 2. The van der Waals surface area contributed by atoms with E-state index in [-0.39, 0.29) is 11.5 Å². The Bertz CT molecular complexity index is 1260. The van der Waals surface area contributed by atoms with Gasteiger partial charge in [0.1, 0.15) is 5.82 Å². The van der Waals surface area contributed by atoms with Crippen LogP contribution in [0, 0.1) is 0 Å². The summed E-state index contributed by atoms with van der Waals surface area (Å²) in [5, 5.41) is 3.70. The van der Waals surface area contributed by atoms with E-state index in [1.54, 1.807) is 18.2 Å². The SMILES string of the molecule is CN(Cc1ccccc1NC(=O)c1ccc2c(=O)n3c(nc2c1)CCCCCC3)C1CCCCC1. The van der Waals surface area contributed by atoms with Crippen LogP contribution in [0.25, 0.3) is 10.9 Å². The Balaban J connectivity index is 1.37. The molecule has 1 fully saturated rings. The highest BCUT2D eigenvalue weighted by molar-refractivity contribution is 6.06. The molecule has 3 aromatic rings. The Morgan fingerprint density at radius 1 is 1.03 bits per heavy atom. The normalized spacial score (nSPS) is 17.1. The molecule has 1 aromatic heterocycles. The van der Waals surface area contributed by atoms with Crippen molar-refractivity contribution < 1.29 is 4.79 Å². The molecular formula is C29H36N4O2. The summed E-state index contributed by atoms with van der Waals surface area (Å²) in [5.41, 5.74) is 3.10. The number of rotatable bonds is 5. The molecule has 1 N–H and O–H groups in total. The highest BCUT2D eigenvalue weighted by atomic mass is 16.1. The zero-order chi connectivity index (χ0) is 24.2. The molecule has 1 aliphatic carbocycles. The van der Waals surface area contributed by atoms with Gasteiger partial charge in [-0.2, -0.15) is 0 Å². The van der Waals surface area contributed by atoms with E-state index in [2.05, 4.69) is 23.3 Å². The molecule has 2 heterocycles. The van der Waals surface area contributed by atoms with Crippen molar-refractivity contribution in [2.45, 2.75) is 83.3 Å². The molecule has 0 saturated heterocycles. The molecule has 0 bridgehead atoms. The molecule has 0 spiro atoms. The van der Waals surface area contributed by atoms with Crippen LogP contribution in [-0.4, -0.2) is 33.4 Å². The number of nitrogens with one attached hydrogen (secondary N) is 1. The van der Waals surface area contributed by atoms with Gasteiger partial charge in [0.05, 0.1) is 10.9 Å². The molecule has 1 saturated carbocycles. The molecule has 6 heteroatoms. The number of fused-ring (bicyclic) bond motifs is 2. The first-order valence-electron chi connectivity index (χ1n) is 13.2. The fourth-order valence-electron chi connectivity index (χ4n) is 5.63. The number of carbonyl (C=O) groups is 1. The van der Waals surface area contributed by atoms with Gasteiger partial charge in [0.15, 0.2) is 0 Å². The highest BCUT2D eigenvalue weighted by Crippen LogP contribution is 2.25. The van der Waals surface area contributed by atoms with Crippen molar-refractivity contribution in [3.8, 4) is 0 Å². The van der Waals surface area contributed by atoms with Crippen LogP contribution < -0.4 is 10.9 Å². The Hall–Kier alpha value is -2.99. The molecule has 6 nitrogen and oxygen atoms in total. The maximum absolute atomic E-state index is 13.2. The van der Waals surface area contributed by atoms with E-state index in [4.69, 9.17) is 4.98 Å². The molecule has 2 aromatic carbocycles. The molecule has 0 unspecified atom stereocenters. The molecular weight excluding hydrogens is 436 g/mol. The van der Waals surface area contributed by atoms with Crippen molar-refractivity contribution in [1.82, 2.24) is 14.5 Å². The van der Waals surface area contributed by atoms with E-state index in [0.717, 1.165) is 55.8 Å². The lowest BCUT2D eigenvalue weighted by molar-refractivity contribution is 0.102. The number of aromatic nitrogens is 2. The van der Waals surface area contributed by atoms with E-state index >= 15 is 0 Å². The molecule has 5 rings (SSSR count). The third-order valence-corrected chi connectivity index (χ3v) is 7.71. The van der Waals surface area contributed by atoms with Gasteiger partial charge < -0.3 is 5.32 Å². The van der Waals surface area contributed by atoms with Gasteiger partial charge in [-0.05, 0) is 62.6 Å². The lowest BCUT2D eigenvalue weighted by Gasteiger charge is -2.31. The van der Waals surface area contributed by atoms with Crippen molar-refractivity contribution in [3.05, 3.63) is 69.8 Å². The second-order valence-electron chi connectivity index (χ2n) is 10.2. The minimum absolute atomic E-state index is 0.00922. The summed E-state index contributed by atoms with van der Waals surface area (Å²) in [6.07, 6.45) is 11.6. The van der Waals surface area contributed by atoms with Crippen molar-refractivity contribution in [1.29, 1.82) is 0 Å². The lowest BCUT2D eigenvalue weighted by Crippen LogP contribution is -2.33. The standard InChI is InChI=1S/C29H36N4O2/c1-32(23-12-5-4-6-13-23)20-22-11-8-9-14-25(22)31-28(34)21-16-17-24-26(19-21)30-27-15-7-2-3-10-18-33(27)29(24)35/h8-9,11,14,16-17,19,23H,2-7,10,12-13,15,18,20H2,1H3,(H,31,34). The maximum Gasteiger partial charge on any atom is 0.261 e. The molecule has 1 aliphatic heterocycles. The zero-order valence-corrected chi connectivity index (χ0v) is 20.8. The molecule has 35 heavy (non-hydrogen) atoms. The maximum atomic E-state index is 13.2. The Morgan fingerprint density at radius 2 is 1.80 bits per heavy atom. The summed E-state index contributed by atoms with van der Waals surface area (Å²) in [4.78, 5) is 33.6. The van der Waals surface area contributed by atoms with Crippen LogP contribution in [0.3, 0.4) is 0 Å². The highest BCUT2D eigenvalue weighted by Gasteiger charge is 2.20. The van der Waals surface area contributed by atoms with Gasteiger partial charge in [-0.25, -0.2) is 4.98 Å². The van der Waals surface area contributed by atoms with Crippen LogP contribution in [-0.2, 0) is 19.5 Å². The van der Waals surface area contributed by atoms with Crippen LogP contribution in [0.15, 0.2) is 47.3 Å². The van der Waals surface area contributed by atoms with Crippen LogP contribution in [0.2, 0.25) is 0 Å². The fourth-order valence-corrected chi connectivity index (χ4v) is 5.63. The summed E-state index contributed by atoms with van der Waals surface area (Å²) in [7, 11) is 2.19. The molecule has 0 atom stereocenters. The minimum Gasteiger partial charge on any atom is -0.322 e. The summed E-state index contributed by atoms with van der Waals surface area (Å²) >= 11 is 0. The summed E-state index contributed by atoms with van der Waals surface area (Å²) < 4.78 is 1.83. The van der Waals surface area contributed by atoms with Crippen LogP contribution >= 0.6 is 0 Å². The zero-order valence-electron chi connectivity index (χ0n) is 20.8. The van der Waals surface area contributed by atoms with Gasteiger partial charge in [-0.15, -0.1) is 0 Å². The van der Waals surface area contributed by atoms with Gasteiger partial charge in [-0.3, -0.25) is 19.1 Å². The third kappa shape index (κ3) is 5.32. The first-order valence-corrected chi connectivity index (χ1v) is 13.2. The van der Waals surface area contributed by atoms with Gasteiger partial charge >= 0.3 is 0 Å². The topological polar surface area (TPSA) is 67.2 Å². The number of nitrogens with zero attached hydrogens (tertiary/aromatic N) is 3. The lowest BCUT2D eigenvalue weighted by atomic mass is 9.94. The van der Waals surface area contributed by atoms with Gasteiger partial charge in [-0.1, -0.05) is 50.3 Å². The van der Waals surface area contributed by atoms with Gasteiger partial charge in [0.2, 0.25) is 0 Å². The number of aryl methyl sites for hydroxylation is 1. The number of para-hydroxylation sites is 1. The van der Waals surface area contributed by atoms with Crippen molar-refractivity contribution in [2.75, 3.05) is 12.4 Å². The van der Waals surface area contributed by atoms with E-state index in [0.29, 0.717) is 22.5 Å². The summed E-state index contributed by atoms with van der Waals surface area (Å²) in [5.74, 6) is 0.671. The largest absolute Gasteiger partial charge is 0.322 e. The molecule has 0 radical (unpaired) electrons. The van der Waals surface area contributed by atoms with E-state index in [1.165, 1.54) is 38.5 Å². The van der Waals surface area contributed by atoms with Crippen LogP contribution in [0.1, 0.15) is 79.5 Å². The van der Waals surface area contributed by atoms with Crippen LogP contribution in [0.4, 0.5) is 5.69 Å². The average molecular weight is 473 g/mol. The van der Waals surface area contributed by atoms with Crippen molar-refractivity contribution in [2.24, 2.45) is 0 Å².